The normalized spacial score (nSPS) is 37.2. The Morgan fingerprint density at radius 3 is 2.73 bits per heavy atom. The summed E-state index contributed by atoms with van der Waals surface area (Å²) in [7, 11) is 2.94. The molecule has 0 spiro atoms. The van der Waals surface area contributed by atoms with Crippen molar-refractivity contribution >= 4 is 5.97 Å². The first-order valence-electron chi connectivity index (χ1n) is 3.68. The summed E-state index contributed by atoms with van der Waals surface area (Å²) >= 11 is 0. The molecular formula is C7H13NO3. The number of quaternary nitrogens is 1. The van der Waals surface area contributed by atoms with Gasteiger partial charge in [-0.15, -0.1) is 0 Å². The van der Waals surface area contributed by atoms with Crippen molar-refractivity contribution in [2.75, 3.05) is 27.2 Å². The van der Waals surface area contributed by atoms with Crippen molar-refractivity contribution in [3.05, 3.63) is 5.21 Å². The molecule has 0 radical (unpaired) electrons. The van der Waals surface area contributed by atoms with Crippen LogP contribution in [0.25, 0.3) is 0 Å². The van der Waals surface area contributed by atoms with Crippen LogP contribution in [0, 0.1) is 11.1 Å². The third-order valence-electron chi connectivity index (χ3n) is 2.09. The van der Waals surface area contributed by atoms with E-state index in [0.717, 1.165) is 0 Å². The average Bonchev–Trinajstić information content (AvgIpc) is 2.29. The number of hydrogen-bond donors (Lipinski definition) is 0. The Kier molecular flexibility index (Phi) is 2.15. The van der Waals surface area contributed by atoms with Gasteiger partial charge in [0.2, 0.25) is 0 Å². The van der Waals surface area contributed by atoms with Gasteiger partial charge in [-0.25, -0.2) is 0 Å². The SMILES string of the molecule is COC(=O)C1CC[N+](C)([O-])C1. The minimum atomic E-state index is -0.306. The van der Waals surface area contributed by atoms with Gasteiger partial charge < -0.3 is 14.6 Å². The monoisotopic (exact) mass is 159 g/mol. The molecule has 0 aliphatic carbocycles. The molecule has 0 aromatic rings. The highest BCUT2D eigenvalue weighted by Gasteiger charge is 2.33. The average molecular weight is 159 g/mol. The molecule has 1 fully saturated rings. The van der Waals surface area contributed by atoms with Crippen molar-refractivity contribution in [3.8, 4) is 0 Å². The number of ether oxygens (including phenoxy) is 1. The van der Waals surface area contributed by atoms with Crippen molar-refractivity contribution in [3.63, 3.8) is 0 Å². The summed E-state index contributed by atoms with van der Waals surface area (Å²) < 4.78 is 4.23. The number of rotatable bonds is 1. The maximum Gasteiger partial charge on any atom is 0.314 e. The third kappa shape index (κ3) is 1.91. The number of nitrogens with zero attached hydrogens (tertiary/aromatic N) is 1. The first-order valence-corrected chi connectivity index (χ1v) is 3.68. The van der Waals surface area contributed by atoms with Crippen LogP contribution in [0.5, 0.6) is 0 Å². The van der Waals surface area contributed by atoms with Gasteiger partial charge in [0, 0.05) is 6.42 Å². The van der Waals surface area contributed by atoms with Crippen molar-refractivity contribution in [2.45, 2.75) is 6.42 Å². The number of likely N-dealkylation sites (tertiary alicyclic amines) is 1. The van der Waals surface area contributed by atoms with E-state index in [-0.39, 0.29) is 16.5 Å². The highest BCUT2D eigenvalue weighted by Crippen LogP contribution is 2.21. The minimum absolute atomic E-state index is 0.178. The molecule has 0 amide bonds. The maximum atomic E-state index is 11.3. The maximum absolute atomic E-state index is 11.3. The van der Waals surface area contributed by atoms with Gasteiger partial charge in [-0.3, -0.25) is 4.79 Å². The number of esters is 1. The number of methoxy groups -OCH3 is 1. The fourth-order valence-electron chi connectivity index (χ4n) is 1.44. The highest BCUT2D eigenvalue weighted by atomic mass is 16.5. The molecule has 11 heavy (non-hydrogen) atoms. The van der Waals surface area contributed by atoms with Crippen molar-refractivity contribution in [1.82, 2.24) is 0 Å². The van der Waals surface area contributed by atoms with Crippen molar-refractivity contribution in [1.29, 1.82) is 0 Å². The Balaban J connectivity index is 2.48. The lowest BCUT2D eigenvalue weighted by atomic mass is 10.1. The Morgan fingerprint density at radius 1 is 1.73 bits per heavy atom. The van der Waals surface area contributed by atoms with E-state index in [9.17, 15) is 10.0 Å². The highest BCUT2D eigenvalue weighted by molar-refractivity contribution is 5.72. The van der Waals surface area contributed by atoms with Gasteiger partial charge in [0.15, 0.2) is 0 Å². The third-order valence-corrected chi connectivity index (χ3v) is 2.09. The topological polar surface area (TPSA) is 49.4 Å². The molecule has 0 bridgehead atoms. The molecular weight excluding hydrogens is 146 g/mol. The van der Waals surface area contributed by atoms with Crippen LogP contribution in [0.1, 0.15) is 6.42 Å². The summed E-state index contributed by atoms with van der Waals surface area (Å²) in [6.45, 7) is 0.895. The molecule has 0 saturated carbocycles. The molecule has 4 heteroatoms. The molecule has 1 heterocycles. The predicted octanol–water partition coefficient (Wildman–Crippen LogP) is 0.124. The molecule has 4 nitrogen and oxygen atoms in total. The molecule has 2 unspecified atom stereocenters. The van der Waals surface area contributed by atoms with Crippen LogP contribution in [0.15, 0.2) is 0 Å². The van der Waals surface area contributed by atoms with Gasteiger partial charge in [-0.05, 0) is 0 Å². The van der Waals surface area contributed by atoms with E-state index in [1.165, 1.54) is 7.11 Å². The molecule has 1 aliphatic rings. The quantitative estimate of drug-likeness (QED) is 0.310. The van der Waals surface area contributed by atoms with Gasteiger partial charge >= 0.3 is 5.97 Å². The zero-order valence-electron chi connectivity index (χ0n) is 6.87. The fourth-order valence-corrected chi connectivity index (χ4v) is 1.44. The first kappa shape index (κ1) is 8.49. The number of carbonyl (C=O) groups excluding carboxylic acids is 1. The zero-order chi connectivity index (χ0) is 8.48. The first-order chi connectivity index (χ1) is 5.05. The van der Waals surface area contributed by atoms with E-state index >= 15 is 0 Å². The lowest BCUT2D eigenvalue weighted by molar-refractivity contribution is -0.848. The van der Waals surface area contributed by atoms with Gasteiger partial charge in [0.1, 0.15) is 5.92 Å². The van der Waals surface area contributed by atoms with Crippen LogP contribution in [-0.4, -0.2) is 37.9 Å². The lowest BCUT2D eigenvalue weighted by Crippen LogP contribution is -2.35. The second-order valence-corrected chi connectivity index (χ2v) is 3.21. The summed E-state index contributed by atoms with van der Waals surface area (Å²) in [6.07, 6.45) is 0.659. The Morgan fingerprint density at radius 2 is 2.36 bits per heavy atom. The second-order valence-electron chi connectivity index (χ2n) is 3.21. The van der Waals surface area contributed by atoms with Crippen LogP contribution >= 0.6 is 0 Å². The summed E-state index contributed by atoms with van der Waals surface area (Å²) in [4.78, 5) is 10.9. The summed E-state index contributed by atoms with van der Waals surface area (Å²) in [5.41, 5.74) is 0. The molecule has 0 aromatic heterocycles. The minimum Gasteiger partial charge on any atom is -0.633 e. The molecule has 0 aromatic carbocycles. The molecule has 1 aliphatic heterocycles. The standard InChI is InChI=1S/C7H13NO3/c1-8(10)4-3-6(5-8)7(9)11-2/h6H,3-5H2,1-2H3. The Bertz CT molecular complexity index is 167. The summed E-state index contributed by atoms with van der Waals surface area (Å²) in [5.74, 6) is -0.426. The van der Waals surface area contributed by atoms with Gasteiger partial charge in [0.25, 0.3) is 0 Å². The van der Waals surface area contributed by atoms with E-state index in [0.29, 0.717) is 19.5 Å². The van der Waals surface area contributed by atoms with Crippen molar-refractivity contribution < 1.29 is 14.2 Å². The molecule has 64 valence electrons. The number of carbonyl (C=O) groups is 1. The van der Waals surface area contributed by atoms with E-state index in [1.807, 2.05) is 0 Å². The largest absolute Gasteiger partial charge is 0.633 e. The van der Waals surface area contributed by atoms with Gasteiger partial charge in [-0.1, -0.05) is 0 Å². The van der Waals surface area contributed by atoms with Crippen LogP contribution in [-0.2, 0) is 9.53 Å². The fraction of sp³-hybridized carbons (Fsp3) is 0.857. The summed E-state index contributed by atoms with van der Waals surface area (Å²) in [5, 5.41) is 11.3. The Hall–Kier alpha value is -0.610. The van der Waals surface area contributed by atoms with Crippen LogP contribution in [0.2, 0.25) is 0 Å². The van der Waals surface area contributed by atoms with Gasteiger partial charge in [0.05, 0.1) is 27.2 Å². The molecule has 1 saturated heterocycles. The van der Waals surface area contributed by atoms with Crippen molar-refractivity contribution in [2.24, 2.45) is 5.92 Å². The lowest BCUT2D eigenvalue weighted by Gasteiger charge is -2.33. The number of hydrogen-bond acceptors (Lipinski definition) is 3. The number of hydroxylamine groups is 3. The van der Waals surface area contributed by atoms with E-state index < -0.39 is 0 Å². The molecule has 1 rings (SSSR count). The molecule has 0 N–H and O–H groups in total. The van der Waals surface area contributed by atoms with Crippen LogP contribution < -0.4 is 0 Å². The van der Waals surface area contributed by atoms with E-state index in [4.69, 9.17) is 0 Å². The van der Waals surface area contributed by atoms with Crippen LogP contribution in [0.3, 0.4) is 0 Å². The van der Waals surface area contributed by atoms with Gasteiger partial charge in [-0.2, -0.15) is 0 Å². The van der Waals surface area contributed by atoms with E-state index in [1.54, 1.807) is 7.05 Å². The van der Waals surface area contributed by atoms with Crippen LogP contribution in [0.4, 0.5) is 0 Å². The summed E-state index contributed by atoms with van der Waals surface area (Å²) in [6, 6.07) is 0. The predicted molar refractivity (Wildman–Crippen MR) is 39.4 cm³/mol. The second kappa shape index (κ2) is 2.79. The smallest absolute Gasteiger partial charge is 0.314 e. The van der Waals surface area contributed by atoms with E-state index in [2.05, 4.69) is 4.74 Å². The Labute approximate surface area is 65.9 Å². The molecule has 2 atom stereocenters. The zero-order valence-corrected chi connectivity index (χ0v) is 6.87.